The fourth-order valence-electron chi connectivity index (χ4n) is 0.938. The molecule has 2 nitrogen and oxygen atoms in total. The second kappa shape index (κ2) is 3.90. The zero-order chi connectivity index (χ0) is 8.39. The summed E-state index contributed by atoms with van der Waals surface area (Å²) in [6.45, 7) is 2.78. The molecule has 12 heavy (non-hydrogen) atoms. The first-order valence-corrected chi connectivity index (χ1v) is 9.76. The Kier molecular flexibility index (Phi) is 2.84. The molecule has 2 rings (SSSR count). The van der Waals surface area contributed by atoms with Crippen molar-refractivity contribution in [2.75, 3.05) is 6.61 Å². The van der Waals surface area contributed by atoms with E-state index in [9.17, 15) is 0 Å². The van der Waals surface area contributed by atoms with Gasteiger partial charge in [0.1, 0.15) is 0 Å². The summed E-state index contributed by atoms with van der Waals surface area (Å²) in [6, 6.07) is 8.12. The summed E-state index contributed by atoms with van der Waals surface area (Å²) in [5.74, 6) is 1.01. The minimum atomic E-state index is -1.87. The molecule has 64 valence electrons. The van der Waals surface area contributed by atoms with Gasteiger partial charge < -0.3 is 0 Å². The maximum atomic E-state index is 5.67. The van der Waals surface area contributed by atoms with Crippen molar-refractivity contribution >= 4 is 28.5 Å². The summed E-state index contributed by atoms with van der Waals surface area (Å²) in [6.07, 6.45) is 0. The van der Waals surface area contributed by atoms with E-state index in [1.165, 1.54) is 4.90 Å². The SMILES string of the molecule is CC[O][Sb]1[O]c2ccccc2[S]1. The maximum absolute atomic E-state index is 5.67. The third-order valence-corrected chi connectivity index (χ3v) is 8.61. The third kappa shape index (κ3) is 1.73. The molecule has 0 spiro atoms. The molecule has 0 saturated heterocycles. The van der Waals surface area contributed by atoms with Gasteiger partial charge in [0.05, 0.1) is 0 Å². The molecular formula is C8H9O2SSb. The molecule has 4 heteroatoms. The molecule has 1 aromatic carbocycles. The normalized spacial score (nSPS) is 15.8. The van der Waals surface area contributed by atoms with E-state index in [-0.39, 0.29) is 0 Å². The topological polar surface area (TPSA) is 18.5 Å². The van der Waals surface area contributed by atoms with E-state index in [2.05, 4.69) is 6.07 Å². The van der Waals surface area contributed by atoms with Crippen LogP contribution >= 0.6 is 8.85 Å². The summed E-state index contributed by atoms with van der Waals surface area (Å²) in [5, 5.41) is 0. The van der Waals surface area contributed by atoms with E-state index in [1.54, 1.807) is 8.85 Å². The van der Waals surface area contributed by atoms with Crippen LogP contribution < -0.4 is 3.02 Å². The number of hydrogen-bond acceptors (Lipinski definition) is 3. The molecule has 1 aromatic rings. The van der Waals surface area contributed by atoms with Crippen LogP contribution in [0.25, 0.3) is 0 Å². The van der Waals surface area contributed by atoms with Gasteiger partial charge in [0.2, 0.25) is 0 Å². The zero-order valence-corrected chi connectivity index (χ0v) is 10.1. The second-order valence-electron chi connectivity index (χ2n) is 2.27. The average molecular weight is 291 g/mol. The van der Waals surface area contributed by atoms with Crippen LogP contribution in [0, 0.1) is 0 Å². The molecule has 1 aliphatic heterocycles. The van der Waals surface area contributed by atoms with E-state index in [0.717, 1.165) is 12.4 Å². The van der Waals surface area contributed by atoms with Crippen molar-refractivity contribution in [1.29, 1.82) is 0 Å². The molecular weight excluding hydrogens is 282 g/mol. The zero-order valence-electron chi connectivity index (χ0n) is 6.69. The Hall–Kier alpha value is 0.148. The molecule has 0 amide bonds. The average Bonchev–Trinajstić information content (AvgIpc) is 2.47. The van der Waals surface area contributed by atoms with Crippen LogP contribution in [0.5, 0.6) is 5.75 Å². The van der Waals surface area contributed by atoms with Crippen LogP contribution in [0.15, 0.2) is 29.2 Å². The molecule has 0 saturated carbocycles. The Morgan fingerprint density at radius 1 is 1.50 bits per heavy atom. The van der Waals surface area contributed by atoms with Gasteiger partial charge in [-0.25, -0.2) is 0 Å². The van der Waals surface area contributed by atoms with Gasteiger partial charge >= 0.3 is 83.0 Å². The summed E-state index contributed by atoms with van der Waals surface area (Å²) >= 11 is -1.87. The predicted octanol–water partition coefficient (Wildman–Crippen LogP) is 2.19. The van der Waals surface area contributed by atoms with Crippen molar-refractivity contribution in [1.82, 2.24) is 0 Å². The van der Waals surface area contributed by atoms with Crippen LogP contribution in [-0.4, -0.2) is 26.3 Å². The first-order valence-electron chi connectivity index (χ1n) is 3.78. The standard InChI is InChI=1S/C6H6OS.C2H5O.Sb/c7-5-3-1-2-4-6(5)8;1-2-3;/h1-4,7-8H;2H2,1H3;/q;-1;+3/p-2. The first-order chi connectivity index (χ1) is 5.90. The van der Waals surface area contributed by atoms with E-state index < -0.39 is 19.6 Å². The van der Waals surface area contributed by atoms with Crippen LogP contribution in [0.4, 0.5) is 0 Å². The van der Waals surface area contributed by atoms with E-state index in [4.69, 9.17) is 6.03 Å². The number of para-hydroxylation sites is 1. The molecule has 0 unspecified atom stereocenters. The second-order valence-corrected chi connectivity index (χ2v) is 8.99. The van der Waals surface area contributed by atoms with Crippen LogP contribution in [0.2, 0.25) is 0 Å². The van der Waals surface area contributed by atoms with Crippen molar-refractivity contribution < 1.29 is 6.03 Å². The molecule has 0 aliphatic carbocycles. The number of hydrogen-bond donors (Lipinski definition) is 0. The van der Waals surface area contributed by atoms with Gasteiger partial charge in [-0.1, -0.05) is 0 Å². The molecule has 0 fully saturated rings. The molecule has 1 aliphatic rings. The molecule has 0 radical (unpaired) electrons. The Morgan fingerprint density at radius 3 is 3.08 bits per heavy atom. The summed E-state index contributed by atoms with van der Waals surface area (Å²) in [4.78, 5) is 1.24. The van der Waals surface area contributed by atoms with Gasteiger partial charge in [0, 0.05) is 0 Å². The quantitative estimate of drug-likeness (QED) is 0.778. The van der Waals surface area contributed by atoms with E-state index in [1.807, 2.05) is 25.1 Å². The Labute approximate surface area is 82.7 Å². The van der Waals surface area contributed by atoms with Gasteiger partial charge in [0.15, 0.2) is 0 Å². The van der Waals surface area contributed by atoms with E-state index in [0.29, 0.717) is 0 Å². The number of rotatable bonds is 2. The first kappa shape index (κ1) is 8.73. The molecule has 0 bridgehead atoms. The van der Waals surface area contributed by atoms with Crippen molar-refractivity contribution in [3.8, 4) is 5.75 Å². The van der Waals surface area contributed by atoms with Crippen LogP contribution in [0.3, 0.4) is 0 Å². The summed E-state index contributed by atoms with van der Waals surface area (Å²) in [5.41, 5.74) is 0. The minimum absolute atomic E-state index is 0.768. The van der Waals surface area contributed by atoms with Crippen molar-refractivity contribution in [2.24, 2.45) is 0 Å². The Bertz CT molecular complexity index is 255. The number of benzene rings is 1. The molecule has 1 heterocycles. The van der Waals surface area contributed by atoms with Crippen molar-refractivity contribution in [3.05, 3.63) is 24.3 Å². The molecule has 0 aromatic heterocycles. The predicted molar refractivity (Wildman–Crippen MR) is 50.3 cm³/mol. The van der Waals surface area contributed by atoms with Gasteiger partial charge in [-0.3, -0.25) is 0 Å². The fourth-order valence-corrected chi connectivity index (χ4v) is 8.06. The van der Waals surface area contributed by atoms with Crippen molar-refractivity contribution in [2.45, 2.75) is 11.8 Å². The summed E-state index contributed by atoms with van der Waals surface area (Å²) < 4.78 is 11.2. The van der Waals surface area contributed by atoms with Crippen LogP contribution in [-0.2, 0) is 3.02 Å². The Morgan fingerprint density at radius 2 is 2.33 bits per heavy atom. The van der Waals surface area contributed by atoms with Gasteiger partial charge in [-0.05, 0) is 0 Å². The monoisotopic (exact) mass is 290 g/mol. The third-order valence-electron chi connectivity index (χ3n) is 1.43. The Balaban J connectivity index is 2.11. The number of fused-ring (bicyclic) bond motifs is 1. The summed E-state index contributed by atoms with van der Waals surface area (Å²) in [7, 11) is 1.80. The van der Waals surface area contributed by atoms with E-state index >= 15 is 0 Å². The molecule has 0 N–H and O–H groups in total. The molecule has 0 atom stereocenters. The van der Waals surface area contributed by atoms with Crippen LogP contribution in [0.1, 0.15) is 6.92 Å². The van der Waals surface area contributed by atoms with Gasteiger partial charge in [0.25, 0.3) is 0 Å². The fraction of sp³-hybridized carbons (Fsp3) is 0.250. The van der Waals surface area contributed by atoms with Crippen molar-refractivity contribution in [3.63, 3.8) is 0 Å². The van der Waals surface area contributed by atoms with Gasteiger partial charge in [-0.2, -0.15) is 0 Å². The van der Waals surface area contributed by atoms with Gasteiger partial charge in [-0.15, -0.1) is 0 Å².